The molecule has 4 rings (SSSR count). The molecule has 0 spiro atoms. The minimum atomic E-state index is -1.82. The van der Waals surface area contributed by atoms with Gasteiger partial charge in [0.15, 0.2) is 6.29 Å². The topological polar surface area (TPSA) is 144 Å². The first-order chi connectivity index (χ1) is 20.0. The molecule has 10 nitrogen and oxygen atoms in total. The Morgan fingerprint density at radius 3 is 2.33 bits per heavy atom. The minimum absolute atomic E-state index is 0.00136. The molecule has 1 fully saturated rings. The summed E-state index contributed by atoms with van der Waals surface area (Å²) in [5.41, 5.74) is 0.713. The van der Waals surface area contributed by atoms with Crippen molar-refractivity contribution >= 4 is 18.0 Å². The molecule has 1 aliphatic rings. The van der Waals surface area contributed by atoms with E-state index in [0.717, 1.165) is 17.7 Å². The Labute approximate surface area is 241 Å². The van der Waals surface area contributed by atoms with Crippen molar-refractivity contribution in [3.8, 4) is 0 Å². The number of aryl methyl sites for hydroxylation is 1. The zero-order valence-electron chi connectivity index (χ0n) is 23.1. The lowest BCUT2D eigenvalue weighted by molar-refractivity contribution is -0.181. The number of rotatable bonds is 9. The van der Waals surface area contributed by atoms with Gasteiger partial charge in [0.1, 0.15) is 29.9 Å². The summed E-state index contributed by atoms with van der Waals surface area (Å²) in [4.78, 5) is 22.1. The molecule has 1 aromatic heterocycles. The first-order valence-electron chi connectivity index (χ1n) is 13.1. The lowest BCUT2D eigenvalue weighted by atomic mass is 9.77. The van der Waals surface area contributed by atoms with E-state index in [0.29, 0.717) is 19.6 Å². The number of aromatic nitrogens is 3. The molecule has 1 aliphatic heterocycles. The summed E-state index contributed by atoms with van der Waals surface area (Å²) >= 11 is 0. The molecule has 42 heavy (non-hydrogen) atoms. The predicted octanol–water partition coefficient (Wildman–Crippen LogP) is 4.19. The van der Waals surface area contributed by atoms with Gasteiger partial charge in [0.2, 0.25) is 0 Å². The molecule has 2 aromatic carbocycles. The number of carboxylic acid groups (broad SMARTS) is 2. The van der Waals surface area contributed by atoms with E-state index in [-0.39, 0.29) is 18.0 Å². The molecule has 0 unspecified atom stereocenters. The Kier molecular flexibility index (Phi) is 11.6. The van der Waals surface area contributed by atoms with Crippen LogP contribution in [0.25, 0.3) is 6.08 Å². The lowest BCUT2D eigenvalue weighted by Crippen LogP contribution is -2.42. The van der Waals surface area contributed by atoms with Gasteiger partial charge in [0.05, 0.1) is 19.8 Å². The molecule has 12 heteroatoms. The second-order valence-corrected chi connectivity index (χ2v) is 9.94. The number of allylic oxidation sites excluding steroid dienone is 2. The third-order valence-corrected chi connectivity index (χ3v) is 6.69. The van der Waals surface area contributed by atoms with E-state index in [2.05, 4.69) is 41.3 Å². The Morgan fingerprint density at radius 1 is 1.10 bits per heavy atom. The molecule has 0 amide bonds. The van der Waals surface area contributed by atoms with Crippen LogP contribution in [0.2, 0.25) is 0 Å². The maximum absolute atomic E-state index is 14.7. The molecule has 0 aliphatic carbocycles. The van der Waals surface area contributed by atoms with E-state index >= 15 is 0 Å². The number of nitrogens with zero attached hydrogens (tertiary/aromatic N) is 3. The maximum atomic E-state index is 14.7. The van der Waals surface area contributed by atoms with E-state index in [1.165, 1.54) is 29.0 Å². The number of aliphatic carboxylic acids is 2. The van der Waals surface area contributed by atoms with Gasteiger partial charge in [-0.15, -0.1) is 0 Å². The highest BCUT2D eigenvalue weighted by molar-refractivity contribution is 6.27. The standard InChI is InChI=1S/C28H31F2N3O3.C2H2O4/c1-20-7-9-22(10-8-20)5-3-4-6-27-35-15-23(16-36-27)13-21(2)28(34,17-33-19-31-18-32-33)25-12-11-24(29)14-26(25)30;3-1(4)2(5)6/h3-12,14,18-19,21,23,27,34H,13,15-17H2,1-2H3;(H,3,4)(H,5,6)/b5-3+,6-4+;/t21-,23?,27?,28+;/m0./s1. The number of hydrogen-bond acceptors (Lipinski definition) is 7. The van der Waals surface area contributed by atoms with Gasteiger partial charge in [-0.1, -0.05) is 61.0 Å². The fraction of sp³-hybridized carbons (Fsp3) is 0.333. The average molecular weight is 586 g/mol. The van der Waals surface area contributed by atoms with Crippen LogP contribution in [0.3, 0.4) is 0 Å². The highest BCUT2D eigenvalue weighted by Crippen LogP contribution is 2.37. The van der Waals surface area contributed by atoms with E-state index in [9.17, 15) is 13.9 Å². The number of halogens is 2. The van der Waals surface area contributed by atoms with Crippen LogP contribution in [0.4, 0.5) is 8.78 Å². The molecule has 224 valence electrons. The molecular weight excluding hydrogens is 552 g/mol. The van der Waals surface area contributed by atoms with E-state index in [1.54, 1.807) is 0 Å². The number of hydrogen-bond donors (Lipinski definition) is 3. The van der Waals surface area contributed by atoms with Crippen molar-refractivity contribution in [1.29, 1.82) is 0 Å². The molecule has 0 saturated carbocycles. The monoisotopic (exact) mass is 585 g/mol. The van der Waals surface area contributed by atoms with Gasteiger partial charge in [-0.05, 0) is 37.0 Å². The van der Waals surface area contributed by atoms with Crippen LogP contribution in [0, 0.1) is 30.4 Å². The number of carboxylic acids is 2. The number of aliphatic hydroxyl groups is 1. The molecule has 2 atom stereocenters. The summed E-state index contributed by atoms with van der Waals surface area (Å²) in [6.45, 7) is 4.74. The third kappa shape index (κ3) is 9.40. The summed E-state index contributed by atoms with van der Waals surface area (Å²) in [6.07, 6.45) is 10.5. The normalized spacial score (nSPS) is 19.2. The summed E-state index contributed by atoms with van der Waals surface area (Å²) < 4.78 is 41.4. The Hall–Kier alpha value is -4.26. The van der Waals surface area contributed by atoms with Crippen LogP contribution in [0.1, 0.15) is 30.0 Å². The van der Waals surface area contributed by atoms with Gasteiger partial charge in [0.25, 0.3) is 0 Å². The van der Waals surface area contributed by atoms with Crippen LogP contribution in [0.5, 0.6) is 0 Å². The fourth-order valence-corrected chi connectivity index (χ4v) is 4.41. The van der Waals surface area contributed by atoms with Crippen molar-refractivity contribution in [2.75, 3.05) is 13.2 Å². The third-order valence-electron chi connectivity index (χ3n) is 6.69. The Balaban J connectivity index is 0.000000730. The van der Waals surface area contributed by atoms with Crippen molar-refractivity contribution < 1.29 is 43.2 Å². The van der Waals surface area contributed by atoms with E-state index < -0.39 is 41.4 Å². The van der Waals surface area contributed by atoms with Crippen molar-refractivity contribution in [2.45, 2.75) is 38.7 Å². The van der Waals surface area contributed by atoms with E-state index in [4.69, 9.17) is 29.3 Å². The van der Waals surface area contributed by atoms with Crippen LogP contribution < -0.4 is 0 Å². The zero-order valence-corrected chi connectivity index (χ0v) is 23.1. The Bertz CT molecular complexity index is 1360. The molecule has 1 saturated heterocycles. The average Bonchev–Trinajstić information content (AvgIpc) is 3.46. The highest BCUT2D eigenvalue weighted by Gasteiger charge is 2.40. The quantitative estimate of drug-likeness (QED) is 0.249. The second kappa shape index (κ2) is 15.1. The summed E-state index contributed by atoms with van der Waals surface area (Å²) in [5, 5.41) is 30.5. The molecule has 2 heterocycles. The lowest BCUT2D eigenvalue weighted by Gasteiger charge is -2.38. The molecule has 0 bridgehead atoms. The molecule has 3 aromatic rings. The number of benzene rings is 2. The predicted molar refractivity (Wildman–Crippen MR) is 148 cm³/mol. The van der Waals surface area contributed by atoms with Gasteiger partial charge in [-0.3, -0.25) is 0 Å². The minimum Gasteiger partial charge on any atom is -0.473 e. The second-order valence-electron chi connectivity index (χ2n) is 9.94. The van der Waals surface area contributed by atoms with Crippen LogP contribution in [0.15, 0.2) is 73.3 Å². The Morgan fingerprint density at radius 2 is 1.76 bits per heavy atom. The highest BCUT2D eigenvalue weighted by atomic mass is 19.1. The van der Waals surface area contributed by atoms with Gasteiger partial charge < -0.3 is 24.8 Å². The SMILES string of the molecule is Cc1ccc(/C=C/C=C/C2OCC(C[C@H](C)[C@](O)(Cn3cncn3)c3ccc(F)cc3F)CO2)cc1.O=C(O)C(=O)O. The van der Waals surface area contributed by atoms with Gasteiger partial charge in [0, 0.05) is 17.5 Å². The van der Waals surface area contributed by atoms with Crippen LogP contribution in [-0.2, 0) is 31.2 Å². The van der Waals surface area contributed by atoms with Crippen LogP contribution >= 0.6 is 0 Å². The summed E-state index contributed by atoms with van der Waals surface area (Å²) in [5.74, 6) is -5.56. The first kappa shape index (κ1) is 32.3. The van der Waals surface area contributed by atoms with Gasteiger partial charge in [-0.2, -0.15) is 5.10 Å². The van der Waals surface area contributed by atoms with Crippen LogP contribution in [-0.4, -0.2) is 61.5 Å². The number of carbonyl (C=O) groups is 2. The van der Waals surface area contributed by atoms with Crippen molar-refractivity contribution in [3.05, 3.63) is 102 Å². The van der Waals surface area contributed by atoms with E-state index in [1.807, 2.05) is 31.2 Å². The number of ether oxygens (including phenoxy) is 2. The zero-order chi connectivity index (χ0) is 30.7. The molecular formula is C30H33F2N3O7. The smallest absolute Gasteiger partial charge is 0.414 e. The molecule has 0 radical (unpaired) electrons. The van der Waals surface area contributed by atoms with Crippen molar-refractivity contribution in [3.63, 3.8) is 0 Å². The van der Waals surface area contributed by atoms with Crippen molar-refractivity contribution in [1.82, 2.24) is 14.8 Å². The van der Waals surface area contributed by atoms with Crippen molar-refractivity contribution in [2.24, 2.45) is 11.8 Å². The first-order valence-corrected chi connectivity index (χ1v) is 13.1. The van der Waals surface area contributed by atoms with Gasteiger partial charge >= 0.3 is 11.9 Å². The summed E-state index contributed by atoms with van der Waals surface area (Å²) in [7, 11) is 0. The fourth-order valence-electron chi connectivity index (χ4n) is 4.41. The van der Waals surface area contributed by atoms with Gasteiger partial charge in [-0.25, -0.2) is 28.0 Å². The maximum Gasteiger partial charge on any atom is 0.414 e. The molecule has 3 N–H and O–H groups in total. The summed E-state index contributed by atoms with van der Waals surface area (Å²) in [6, 6.07) is 11.5. The largest absolute Gasteiger partial charge is 0.473 e.